The molecular weight excluding hydrogens is 461 g/mol. The number of nitrogens with zero attached hydrogens (tertiary/aromatic N) is 2. The van der Waals surface area contributed by atoms with Crippen LogP contribution in [0.15, 0.2) is 29.3 Å². The second kappa shape index (κ2) is 10.1. The molecule has 2 fully saturated rings. The van der Waals surface area contributed by atoms with Crippen molar-refractivity contribution in [1.29, 1.82) is 0 Å². The van der Waals surface area contributed by atoms with Gasteiger partial charge in [0.2, 0.25) is 0 Å². The number of likely N-dealkylation sites (tertiary alicyclic amines) is 1. The summed E-state index contributed by atoms with van der Waals surface area (Å²) in [6, 6.07) is 8.31. The fourth-order valence-electron chi connectivity index (χ4n) is 4.11. The van der Waals surface area contributed by atoms with E-state index in [0.717, 1.165) is 62.6 Å². The Balaban J connectivity index is 0.00000243. The van der Waals surface area contributed by atoms with E-state index in [2.05, 4.69) is 40.3 Å². The fourth-order valence-corrected chi connectivity index (χ4v) is 4.30. The van der Waals surface area contributed by atoms with Gasteiger partial charge >= 0.3 is 0 Å². The van der Waals surface area contributed by atoms with Crippen LogP contribution in [0.25, 0.3) is 0 Å². The lowest BCUT2D eigenvalue weighted by molar-refractivity contribution is 0.0511. The molecule has 1 atom stereocenters. The number of guanidine groups is 1. The van der Waals surface area contributed by atoms with E-state index in [1.54, 1.807) is 0 Å². The number of halogens is 2. The summed E-state index contributed by atoms with van der Waals surface area (Å²) in [4.78, 5) is 6.95. The summed E-state index contributed by atoms with van der Waals surface area (Å²) in [6.45, 7) is 6.98. The first kappa shape index (κ1) is 21.8. The maximum Gasteiger partial charge on any atom is 0.193 e. The van der Waals surface area contributed by atoms with E-state index >= 15 is 0 Å². The zero-order valence-corrected chi connectivity index (χ0v) is 18.9. The highest BCUT2D eigenvalue weighted by Crippen LogP contribution is 2.35. The van der Waals surface area contributed by atoms with Gasteiger partial charge in [0, 0.05) is 50.3 Å². The molecule has 0 aliphatic carbocycles. The Labute approximate surface area is 179 Å². The average Bonchev–Trinajstić information content (AvgIpc) is 2.63. The van der Waals surface area contributed by atoms with Gasteiger partial charge in [0.15, 0.2) is 5.96 Å². The van der Waals surface area contributed by atoms with E-state index in [0.29, 0.717) is 0 Å². The summed E-state index contributed by atoms with van der Waals surface area (Å²) in [5, 5.41) is 4.47. The number of hydrogen-bond donors (Lipinski definition) is 1. The highest BCUT2D eigenvalue weighted by atomic mass is 127. The number of hydrogen-bond acceptors (Lipinski definition) is 2. The number of ether oxygens (including phenoxy) is 1. The molecule has 2 heterocycles. The molecule has 2 aliphatic heterocycles. The molecule has 0 saturated carbocycles. The molecule has 1 aromatic carbocycles. The number of piperidine rings is 1. The third-order valence-corrected chi connectivity index (χ3v) is 5.88. The van der Waals surface area contributed by atoms with Gasteiger partial charge in [0.05, 0.1) is 0 Å². The fraction of sp³-hybridized carbons (Fsp3) is 0.650. The number of nitrogens with one attached hydrogen (secondary N) is 1. The molecule has 0 aromatic heterocycles. The van der Waals surface area contributed by atoms with Crippen molar-refractivity contribution >= 4 is 41.5 Å². The van der Waals surface area contributed by atoms with Crippen LogP contribution in [-0.2, 0) is 10.2 Å². The normalized spacial score (nSPS) is 23.3. The molecule has 0 spiro atoms. The average molecular weight is 492 g/mol. The molecule has 2 aliphatic rings. The SMILES string of the molecule is CN=C(NCC1(c2cccc(Cl)c2)CCOCC1)N1CCCC(C)C1.I. The van der Waals surface area contributed by atoms with Crippen LogP contribution >= 0.6 is 35.6 Å². The van der Waals surface area contributed by atoms with Crippen molar-refractivity contribution in [3.05, 3.63) is 34.9 Å². The summed E-state index contributed by atoms with van der Waals surface area (Å²) in [7, 11) is 1.89. The van der Waals surface area contributed by atoms with Gasteiger partial charge in [0.25, 0.3) is 0 Å². The molecule has 0 bridgehead atoms. The van der Waals surface area contributed by atoms with Crippen molar-refractivity contribution in [3.8, 4) is 0 Å². The van der Waals surface area contributed by atoms with Crippen molar-refractivity contribution in [2.75, 3.05) is 39.9 Å². The van der Waals surface area contributed by atoms with Crippen LogP contribution in [0.3, 0.4) is 0 Å². The second-order valence-electron chi connectivity index (χ2n) is 7.50. The topological polar surface area (TPSA) is 36.9 Å². The van der Waals surface area contributed by atoms with Crippen LogP contribution in [0, 0.1) is 5.92 Å². The number of benzene rings is 1. The van der Waals surface area contributed by atoms with Gasteiger partial charge < -0.3 is 15.0 Å². The molecule has 1 unspecified atom stereocenters. The third-order valence-electron chi connectivity index (χ3n) is 5.64. The molecule has 26 heavy (non-hydrogen) atoms. The first-order chi connectivity index (χ1) is 12.1. The second-order valence-corrected chi connectivity index (χ2v) is 7.93. The van der Waals surface area contributed by atoms with E-state index in [1.807, 2.05) is 13.1 Å². The lowest BCUT2D eigenvalue weighted by Crippen LogP contribution is -2.51. The van der Waals surface area contributed by atoms with Gasteiger partial charge in [-0.3, -0.25) is 4.99 Å². The summed E-state index contributed by atoms with van der Waals surface area (Å²) >= 11 is 6.27. The van der Waals surface area contributed by atoms with Crippen molar-refractivity contribution in [2.45, 2.75) is 38.0 Å². The smallest absolute Gasteiger partial charge is 0.193 e. The molecule has 1 aromatic rings. The van der Waals surface area contributed by atoms with E-state index < -0.39 is 0 Å². The van der Waals surface area contributed by atoms with E-state index in [9.17, 15) is 0 Å². The van der Waals surface area contributed by atoms with Crippen molar-refractivity contribution < 1.29 is 4.74 Å². The number of aliphatic imine (C=N–C) groups is 1. The molecule has 4 nitrogen and oxygen atoms in total. The van der Waals surface area contributed by atoms with Crippen molar-refractivity contribution in [3.63, 3.8) is 0 Å². The molecule has 1 N–H and O–H groups in total. The monoisotopic (exact) mass is 491 g/mol. The minimum Gasteiger partial charge on any atom is -0.381 e. The first-order valence-electron chi connectivity index (χ1n) is 9.42. The van der Waals surface area contributed by atoms with E-state index in [4.69, 9.17) is 16.3 Å². The predicted octanol–water partition coefficient (Wildman–Crippen LogP) is 4.31. The van der Waals surface area contributed by atoms with Crippen LogP contribution in [0.1, 0.15) is 38.2 Å². The van der Waals surface area contributed by atoms with Gasteiger partial charge in [-0.25, -0.2) is 0 Å². The highest BCUT2D eigenvalue weighted by Gasteiger charge is 2.35. The van der Waals surface area contributed by atoms with Gasteiger partial charge in [-0.1, -0.05) is 30.7 Å². The molecule has 0 radical (unpaired) electrons. The summed E-state index contributed by atoms with van der Waals surface area (Å²) in [5.41, 5.74) is 1.36. The molecule has 6 heteroatoms. The first-order valence-corrected chi connectivity index (χ1v) is 9.80. The Morgan fingerprint density at radius 2 is 2.15 bits per heavy atom. The van der Waals surface area contributed by atoms with E-state index in [1.165, 1.54) is 18.4 Å². The maximum atomic E-state index is 6.27. The Hall–Kier alpha value is -0.530. The molecule has 2 saturated heterocycles. The van der Waals surface area contributed by atoms with Crippen LogP contribution in [-0.4, -0.2) is 50.8 Å². The minimum atomic E-state index is 0. The van der Waals surface area contributed by atoms with Crippen LogP contribution < -0.4 is 5.32 Å². The van der Waals surface area contributed by atoms with Crippen LogP contribution in [0.4, 0.5) is 0 Å². The lowest BCUT2D eigenvalue weighted by Gasteiger charge is -2.40. The Morgan fingerprint density at radius 3 is 2.81 bits per heavy atom. The predicted molar refractivity (Wildman–Crippen MR) is 120 cm³/mol. The Bertz CT molecular complexity index is 604. The number of rotatable bonds is 3. The minimum absolute atomic E-state index is 0. The third kappa shape index (κ3) is 5.26. The van der Waals surface area contributed by atoms with Crippen molar-refractivity contribution in [2.24, 2.45) is 10.9 Å². The van der Waals surface area contributed by atoms with Gasteiger partial charge in [-0.15, -0.1) is 24.0 Å². The standard InChI is InChI=1S/C20H30ClN3O.HI/c1-16-5-4-10-24(14-16)19(22-2)23-15-20(8-11-25-12-9-20)17-6-3-7-18(21)13-17;/h3,6-7,13,16H,4-5,8-12,14-15H2,1-2H3,(H,22,23);1H. The quantitative estimate of drug-likeness (QED) is 0.389. The zero-order chi connectivity index (χ0) is 17.7. The molecule has 3 rings (SSSR count). The lowest BCUT2D eigenvalue weighted by atomic mass is 9.74. The van der Waals surface area contributed by atoms with Gasteiger partial charge in [0.1, 0.15) is 0 Å². The van der Waals surface area contributed by atoms with Crippen LogP contribution in [0.5, 0.6) is 0 Å². The maximum absolute atomic E-state index is 6.27. The van der Waals surface area contributed by atoms with Gasteiger partial charge in [-0.2, -0.15) is 0 Å². The van der Waals surface area contributed by atoms with Crippen LogP contribution in [0.2, 0.25) is 5.02 Å². The van der Waals surface area contributed by atoms with Gasteiger partial charge in [-0.05, 0) is 49.3 Å². The largest absolute Gasteiger partial charge is 0.381 e. The Morgan fingerprint density at radius 1 is 1.38 bits per heavy atom. The molecular formula is C20H31ClIN3O. The van der Waals surface area contributed by atoms with Crippen molar-refractivity contribution in [1.82, 2.24) is 10.2 Å². The Kier molecular flexibility index (Phi) is 8.48. The zero-order valence-electron chi connectivity index (χ0n) is 15.8. The summed E-state index contributed by atoms with van der Waals surface area (Å²) < 4.78 is 5.64. The summed E-state index contributed by atoms with van der Waals surface area (Å²) in [6.07, 6.45) is 4.58. The molecule has 146 valence electrons. The molecule has 0 amide bonds. The highest BCUT2D eigenvalue weighted by molar-refractivity contribution is 14.0. The van der Waals surface area contributed by atoms with E-state index in [-0.39, 0.29) is 29.4 Å². The summed E-state index contributed by atoms with van der Waals surface area (Å²) in [5.74, 6) is 1.76.